The summed E-state index contributed by atoms with van der Waals surface area (Å²) in [7, 11) is 1.26. The Morgan fingerprint density at radius 1 is 1.10 bits per heavy atom. The molecule has 8 nitrogen and oxygen atoms in total. The van der Waals surface area contributed by atoms with Crippen molar-refractivity contribution >= 4 is 55.9 Å². The highest BCUT2D eigenvalue weighted by Gasteiger charge is 2.25. The highest BCUT2D eigenvalue weighted by atomic mass is 32.2. The first-order valence-corrected chi connectivity index (χ1v) is 14.5. The number of aliphatic hydroxyl groups excluding tert-OH is 1. The molecule has 198 valence electrons. The van der Waals surface area contributed by atoms with Gasteiger partial charge in [-0.2, -0.15) is 0 Å². The van der Waals surface area contributed by atoms with E-state index in [4.69, 9.17) is 9.72 Å². The number of hydrogen-bond acceptors (Lipinski definition) is 8. The van der Waals surface area contributed by atoms with Gasteiger partial charge in [-0.3, -0.25) is 9.36 Å². The summed E-state index contributed by atoms with van der Waals surface area (Å²) < 4.78 is 6.64. The number of esters is 1. The summed E-state index contributed by atoms with van der Waals surface area (Å²) >= 11 is 2.80. The normalized spacial score (nSPS) is 13.9. The molecule has 0 atom stereocenters. The van der Waals surface area contributed by atoms with Gasteiger partial charge in [0.25, 0.3) is 5.56 Å². The lowest BCUT2D eigenvalue weighted by Gasteiger charge is -2.14. The lowest BCUT2D eigenvalue weighted by Crippen LogP contribution is -2.24. The number of nitrogens with one attached hydrogen (secondary N) is 1. The van der Waals surface area contributed by atoms with Gasteiger partial charge in [0.2, 0.25) is 0 Å². The number of thioether (sulfide) groups is 1. The van der Waals surface area contributed by atoms with Crippen LogP contribution in [0.25, 0.3) is 26.8 Å². The first-order valence-electron chi connectivity index (χ1n) is 12.7. The minimum absolute atomic E-state index is 0.000690. The molecule has 3 heterocycles. The third-order valence-electron chi connectivity index (χ3n) is 6.87. The quantitative estimate of drug-likeness (QED) is 0.0893. The number of hydrogen-bond donors (Lipinski definition) is 2. The molecule has 0 spiro atoms. The van der Waals surface area contributed by atoms with E-state index >= 15 is 0 Å². The molecule has 2 N–H and O–H groups in total. The summed E-state index contributed by atoms with van der Waals surface area (Å²) in [5.41, 5.74) is 3.40. The van der Waals surface area contributed by atoms with E-state index in [-0.39, 0.29) is 28.5 Å². The number of nitrogens with zero attached hydrogens (tertiary/aromatic N) is 3. The molecule has 10 heteroatoms. The number of carbonyl (C=O) groups is 1. The van der Waals surface area contributed by atoms with Gasteiger partial charge in [0, 0.05) is 4.88 Å². The van der Waals surface area contributed by atoms with Gasteiger partial charge in [0.15, 0.2) is 5.16 Å². The molecule has 0 bridgehead atoms. The Balaban J connectivity index is 1.41. The molecule has 0 fully saturated rings. The first-order chi connectivity index (χ1) is 19.0. The monoisotopic (exact) mass is 558 g/mol. The van der Waals surface area contributed by atoms with Crippen molar-refractivity contribution < 1.29 is 14.6 Å². The topological polar surface area (TPSA) is 110 Å². The van der Waals surface area contributed by atoms with Gasteiger partial charge < -0.3 is 14.8 Å². The van der Waals surface area contributed by atoms with Crippen molar-refractivity contribution in [2.45, 2.75) is 37.4 Å². The molecule has 0 aliphatic heterocycles. The summed E-state index contributed by atoms with van der Waals surface area (Å²) in [5, 5.41) is 12.3. The fraction of sp³-hybridized carbons (Fsp3) is 0.241. The highest BCUT2D eigenvalue weighted by Crippen LogP contribution is 2.35. The highest BCUT2D eigenvalue weighted by molar-refractivity contribution is 7.99. The third-order valence-corrected chi connectivity index (χ3v) is 9.04. The Kier molecular flexibility index (Phi) is 6.97. The van der Waals surface area contributed by atoms with Crippen molar-refractivity contribution in [3.8, 4) is 0 Å². The fourth-order valence-corrected chi connectivity index (χ4v) is 7.14. The minimum Gasteiger partial charge on any atom is -0.510 e. The summed E-state index contributed by atoms with van der Waals surface area (Å²) in [5.74, 6) is -0.698. The molecule has 0 amide bonds. The van der Waals surface area contributed by atoms with Gasteiger partial charge in [0.1, 0.15) is 22.0 Å². The molecule has 6 rings (SSSR count). The van der Waals surface area contributed by atoms with E-state index in [1.807, 2.05) is 54.6 Å². The van der Waals surface area contributed by atoms with E-state index in [0.717, 1.165) is 47.2 Å². The minimum atomic E-state index is -0.705. The Morgan fingerprint density at radius 2 is 1.87 bits per heavy atom. The van der Waals surface area contributed by atoms with Gasteiger partial charge in [-0.15, -0.1) is 11.3 Å². The van der Waals surface area contributed by atoms with Crippen LogP contribution in [0.5, 0.6) is 0 Å². The second kappa shape index (κ2) is 10.7. The van der Waals surface area contributed by atoms with E-state index < -0.39 is 5.97 Å². The summed E-state index contributed by atoms with van der Waals surface area (Å²) in [4.78, 5) is 41.1. The predicted octanol–water partition coefficient (Wildman–Crippen LogP) is 5.50. The number of fused-ring (bicyclic) bond motifs is 4. The smallest absolute Gasteiger partial charge is 0.345 e. The summed E-state index contributed by atoms with van der Waals surface area (Å²) in [6.07, 6.45) is 4.06. The number of imidazole rings is 1. The number of rotatable bonds is 7. The van der Waals surface area contributed by atoms with Gasteiger partial charge in [-0.05, 0) is 48.9 Å². The van der Waals surface area contributed by atoms with Crippen LogP contribution in [0.4, 0.5) is 0 Å². The number of carbonyl (C=O) groups excluding carboxylic acids is 1. The molecule has 1 aliphatic rings. The Labute approximate surface area is 232 Å². The van der Waals surface area contributed by atoms with Crippen LogP contribution in [0.15, 0.2) is 70.3 Å². The molecular weight excluding hydrogens is 532 g/mol. The maximum absolute atomic E-state index is 13.9. The maximum atomic E-state index is 13.9. The number of benzene rings is 2. The van der Waals surface area contributed by atoms with Crippen molar-refractivity contribution in [2.75, 3.05) is 12.9 Å². The number of ether oxygens (including phenoxy) is 1. The van der Waals surface area contributed by atoms with Crippen LogP contribution in [0.3, 0.4) is 0 Å². The molecular formula is C29H26N4O4S2. The van der Waals surface area contributed by atoms with Gasteiger partial charge in [-0.1, -0.05) is 54.2 Å². The number of aryl methyl sites for hydroxylation is 2. The zero-order chi connectivity index (χ0) is 26.9. The second-order valence-corrected chi connectivity index (χ2v) is 11.4. The van der Waals surface area contributed by atoms with E-state index in [1.165, 1.54) is 23.7 Å². The van der Waals surface area contributed by atoms with Crippen LogP contribution >= 0.6 is 23.1 Å². The van der Waals surface area contributed by atoms with Gasteiger partial charge in [0.05, 0.1) is 35.8 Å². The molecule has 2 aromatic carbocycles. The van der Waals surface area contributed by atoms with Crippen molar-refractivity contribution in [3.05, 3.63) is 92.5 Å². The maximum Gasteiger partial charge on any atom is 0.345 e. The van der Waals surface area contributed by atoms with Crippen LogP contribution in [-0.2, 0) is 28.9 Å². The average molecular weight is 559 g/mol. The lowest BCUT2D eigenvalue weighted by molar-refractivity contribution is -0.133. The Hall–Kier alpha value is -3.89. The van der Waals surface area contributed by atoms with E-state index in [0.29, 0.717) is 22.6 Å². The predicted molar refractivity (Wildman–Crippen MR) is 154 cm³/mol. The number of aromatic amines is 1. The average Bonchev–Trinajstić information content (AvgIpc) is 3.55. The molecule has 0 unspecified atom stereocenters. The summed E-state index contributed by atoms with van der Waals surface area (Å²) in [6.45, 7) is 0.355. The Morgan fingerprint density at radius 3 is 2.67 bits per heavy atom. The SMILES string of the molecule is COC(=O)C(=C(O)CSc1nc2sc3c(c2c(=O)n1Cc1ccccc1)CCCC3)c1nc2ccccc2[nH]1. The zero-order valence-electron chi connectivity index (χ0n) is 21.3. The van der Waals surface area contributed by atoms with Crippen molar-refractivity contribution in [1.29, 1.82) is 0 Å². The van der Waals surface area contributed by atoms with Crippen LogP contribution in [-0.4, -0.2) is 43.5 Å². The number of aliphatic hydroxyl groups is 1. The van der Waals surface area contributed by atoms with Gasteiger partial charge in [-0.25, -0.2) is 14.8 Å². The van der Waals surface area contributed by atoms with Crippen LogP contribution in [0, 0.1) is 0 Å². The zero-order valence-corrected chi connectivity index (χ0v) is 22.9. The molecule has 3 aromatic heterocycles. The summed E-state index contributed by atoms with van der Waals surface area (Å²) in [6, 6.07) is 17.1. The molecule has 0 saturated heterocycles. The second-order valence-electron chi connectivity index (χ2n) is 9.37. The van der Waals surface area contributed by atoms with Crippen molar-refractivity contribution in [2.24, 2.45) is 0 Å². The van der Waals surface area contributed by atoms with Crippen LogP contribution < -0.4 is 5.56 Å². The van der Waals surface area contributed by atoms with E-state index in [9.17, 15) is 14.7 Å². The number of H-pyrrole nitrogens is 1. The molecule has 0 radical (unpaired) electrons. The van der Waals surface area contributed by atoms with Crippen molar-refractivity contribution in [3.63, 3.8) is 0 Å². The van der Waals surface area contributed by atoms with Crippen molar-refractivity contribution in [1.82, 2.24) is 19.5 Å². The molecule has 5 aromatic rings. The van der Waals surface area contributed by atoms with E-state index in [1.54, 1.807) is 15.9 Å². The van der Waals surface area contributed by atoms with E-state index in [2.05, 4.69) is 9.97 Å². The molecule has 0 saturated carbocycles. The van der Waals surface area contributed by atoms with Crippen LogP contribution in [0.1, 0.15) is 34.7 Å². The first kappa shape index (κ1) is 25.4. The number of para-hydroxylation sites is 2. The molecule has 1 aliphatic carbocycles. The number of thiophene rings is 1. The van der Waals surface area contributed by atoms with Gasteiger partial charge >= 0.3 is 5.97 Å². The number of methoxy groups -OCH3 is 1. The lowest BCUT2D eigenvalue weighted by atomic mass is 9.97. The standard InChI is InChI=1S/C29H26N4O4S2/c1-37-28(36)24(25-30-19-12-6-7-13-20(19)31-25)21(34)16-38-29-32-26-23(18-11-5-8-14-22(18)39-26)27(35)33(29)15-17-9-3-2-4-10-17/h2-4,6-7,9-10,12-13,34H,5,8,11,14-16H2,1H3,(H,30,31). The Bertz CT molecular complexity index is 1750. The van der Waals surface area contributed by atoms with Crippen LogP contribution in [0.2, 0.25) is 0 Å². The largest absolute Gasteiger partial charge is 0.510 e. The molecule has 39 heavy (non-hydrogen) atoms. The fourth-order valence-electron chi connectivity index (χ4n) is 4.96. The number of aromatic nitrogens is 4. The third kappa shape index (κ3) is 4.86.